The minimum atomic E-state index is -3.24. The van der Waals surface area contributed by atoms with Gasteiger partial charge in [-0.2, -0.15) is 0 Å². The molecular formula is C17H19ClN2O2S. The molecule has 3 rings (SSSR count). The summed E-state index contributed by atoms with van der Waals surface area (Å²) in [5.74, 6) is 0. The Kier molecular flexibility index (Phi) is 4.45. The lowest BCUT2D eigenvalue weighted by Crippen LogP contribution is -2.39. The molecule has 1 aliphatic rings. The van der Waals surface area contributed by atoms with Crippen LogP contribution in [0.3, 0.4) is 0 Å². The van der Waals surface area contributed by atoms with Gasteiger partial charge in [0.15, 0.2) is 0 Å². The zero-order valence-corrected chi connectivity index (χ0v) is 14.7. The zero-order chi connectivity index (χ0) is 16.6. The molecule has 1 N–H and O–H groups in total. The van der Waals surface area contributed by atoms with Crippen molar-refractivity contribution in [2.24, 2.45) is 0 Å². The number of halogens is 1. The molecule has 6 heteroatoms. The maximum atomic E-state index is 12.0. The first-order chi connectivity index (χ1) is 10.8. The van der Waals surface area contributed by atoms with E-state index in [1.54, 1.807) is 26.1 Å². The van der Waals surface area contributed by atoms with E-state index < -0.39 is 15.3 Å². The molecule has 1 aromatic carbocycles. The lowest BCUT2D eigenvalue weighted by Gasteiger charge is -2.14. The molecule has 4 nitrogen and oxygen atoms in total. The van der Waals surface area contributed by atoms with Crippen LogP contribution in [0.5, 0.6) is 0 Å². The van der Waals surface area contributed by atoms with Crippen molar-refractivity contribution in [1.29, 1.82) is 0 Å². The maximum absolute atomic E-state index is 12.0. The summed E-state index contributed by atoms with van der Waals surface area (Å²) >= 11 is 5.82. The summed E-state index contributed by atoms with van der Waals surface area (Å²) in [6.07, 6.45) is 3.20. The highest BCUT2D eigenvalue weighted by Gasteiger charge is 2.27. The summed E-state index contributed by atoms with van der Waals surface area (Å²) in [6.45, 7) is 3.38. The van der Waals surface area contributed by atoms with Gasteiger partial charge in [0.2, 0.25) is 10.0 Å². The number of aromatic nitrogens is 1. The van der Waals surface area contributed by atoms with Gasteiger partial charge < -0.3 is 0 Å². The molecule has 0 radical (unpaired) electrons. The monoisotopic (exact) mass is 350 g/mol. The van der Waals surface area contributed by atoms with Crippen LogP contribution < -0.4 is 4.72 Å². The minimum Gasteiger partial charge on any atom is -0.244 e. The van der Waals surface area contributed by atoms with Gasteiger partial charge in [-0.05, 0) is 55.5 Å². The van der Waals surface area contributed by atoms with Crippen LogP contribution in [0.4, 0.5) is 0 Å². The van der Waals surface area contributed by atoms with Gasteiger partial charge in [-0.1, -0.05) is 29.8 Å². The fourth-order valence-electron chi connectivity index (χ4n) is 2.80. The molecule has 1 heterocycles. The predicted molar refractivity (Wildman–Crippen MR) is 93.1 cm³/mol. The third-order valence-corrected chi connectivity index (χ3v) is 6.28. The van der Waals surface area contributed by atoms with Gasteiger partial charge in [0.25, 0.3) is 0 Å². The summed E-state index contributed by atoms with van der Waals surface area (Å²) in [5, 5.41) is 0.0555. The molecule has 23 heavy (non-hydrogen) atoms. The third kappa shape index (κ3) is 3.57. The summed E-state index contributed by atoms with van der Waals surface area (Å²) in [7, 11) is -3.24. The first-order valence-corrected chi connectivity index (χ1v) is 9.52. The second kappa shape index (κ2) is 6.23. The van der Waals surface area contributed by atoms with Crippen molar-refractivity contribution < 1.29 is 8.42 Å². The first-order valence-electron chi connectivity index (χ1n) is 7.60. The van der Waals surface area contributed by atoms with Crippen molar-refractivity contribution in [1.82, 2.24) is 9.71 Å². The lowest BCUT2D eigenvalue weighted by molar-refractivity contribution is 0.547. The predicted octanol–water partition coefficient (Wildman–Crippen LogP) is 3.20. The molecule has 2 aromatic rings. The molecule has 1 unspecified atom stereocenters. The van der Waals surface area contributed by atoms with Crippen molar-refractivity contribution in [3.8, 4) is 11.1 Å². The number of rotatable bonds is 4. The fraction of sp³-hybridized carbons (Fsp3) is 0.353. The number of nitrogens with one attached hydrogen (secondary N) is 1. The van der Waals surface area contributed by atoms with Gasteiger partial charge in [-0.3, -0.25) is 0 Å². The number of pyridine rings is 1. The molecule has 1 atom stereocenters. The van der Waals surface area contributed by atoms with Gasteiger partial charge in [0.05, 0.1) is 5.25 Å². The zero-order valence-electron chi connectivity index (χ0n) is 13.1. The van der Waals surface area contributed by atoms with Crippen LogP contribution in [-0.2, 0) is 22.9 Å². The van der Waals surface area contributed by atoms with Gasteiger partial charge in [-0.15, -0.1) is 0 Å². The minimum absolute atomic E-state index is 0.0593. The Bertz CT molecular complexity index is 817. The summed E-state index contributed by atoms with van der Waals surface area (Å²) in [6, 6.07) is 9.88. The van der Waals surface area contributed by atoms with Crippen molar-refractivity contribution >= 4 is 21.6 Å². The van der Waals surface area contributed by atoms with E-state index >= 15 is 0 Å². The van der Waals surface area contributed by atoms with Crippen LogP contribution in [0.2, 0.25) is 5.15 Å². The number of fused-ring (bicyclic) bond motifs is 1. The highest BCUT2D eigenvalue weighted by atomic mass is 35.5. The Hall–Kier alpha value is -1.43. The normalized spacial score (nSPS) is 17.5. The summed E-state index contributed by atoms with van der Waals surface area (Å²) in [5.41, 5.74) is 4.46. The van der Waals surface area contributed by atoms with E-state index in [-0.39, 0.29) is 6.04 Å². The maximum Gasteiger partial charge on any atom is 0.214 e. The van der Waals surface area contributed by atoms with Gasteiger partial charge in [-0.25, -0.2) is 18.1 Å². The van der Waals surface area contributed by atoms with E-state index in [0.29, 0.717) is 5.15 Å². The second-order valence-corrected chi connectivity index (χ2v) is 8.83. The average molecular weight is 351 g/mol. The Morgan fingerprint density at radius 2 is 1.83 bits per heavy atom. The summed E-state index contributed by atoms with van der Waals surface area (Å²) < 4.78 is 26.9. The number of benzene rings is 1. The van der Waals surface area contributed by atoms with E-state index in [0.717, 1.165) is 24.0 Å². The third-order valence-electron chi connectivity index (χ3n) is 4.15. The Morgan fingerprint density at radius 3 is 2.48 bits per heavy atom. The topological polar surface area (TPSA) is 59.1 Å². The SMILES string of the molecule is CC(C)S(=O)(=O)NC1Cc2ccc(-c3ccc(Cl)nc3)cc2C1. The lowest BCUT2D eigenvalue weighted by atomic mass is 10.0. The molecule has 0 spiro atoms. The van der Waals surface area contributed by atoms with E-state index in [1.807, 2.05) is 12.1 Å². The van der Waals surface area contributed by atoms with Crippen LogP contribution in [0.1, 0.15) is 25.0 Å². The van der Waals surface area contributed by atoms with Crippen LogP contribution in [0, 0.1) is 0 Å². The molecule has 1 aliphatic carbocycles. The van der Waals surface area contributed by atoms with E-state index in [9.17, 15) is 8.42 Å². The molecule has 0 saturated heterocycles. The number of hydrogen-bond donors (Lipinski definition) is 1. The van der Waals surface area contributed by atoms with Gasteiger partial charge >= 0.3 is 0 Å². The van der Waals surface area contributed by atoms with Crippen molar-refractivity contribution in [2.45, 2.75) is 38.0 Å². The molecular weight excluding hydrogens is 332 g/mol. The van der Waals surface area contributed by atoms with Crippen LogP contribution in [0.15, 0.2) is 36.5 Å². The smallest absolute Gasteiger partial charge is 0.214 e. The van der Waals surface area contributed by atoms with Crippen molar-refractivity contribution in [3.63, 3.8) is 0 Å². The van der Waals surface area contributed by atoms with Crippen LogP contribution >= 0.6 is 11.6 Å². The van der Waals surface area contributed by atoms with Gasteiger partial charge in [0.1, 0.15) is 5.15 Å². The quantitative estimate of drug-likeness (QED) is 0.861. The molecule has 0 aliphatic heterocycles. The highest BCUT2D eigenvalue weighted by molar-refractivity contribution is 7.90. The Balaban J connectivity index is 1.80. The molecule has 122 valence electrons. The molecule has 1 aromatic heterocycles. The molecule has 0 amide bonds. The van der Waals surface area contributed by atoms with Crippen LogP contribution in [-0.4, -0.2) is 24.7 Å². The van der Waals surface area contributed by atoms with Crippen LogP contribution in [0.25, 0.3) is 11.1 Å². The Morgan fingerprint density at radius 1 is 1.13 bits per heavy atom. The standard InChI is InChI=1S/C17H19ClN2O2S/c1-11(2)23(21,22)20-16-8-13-4-3-12(7-15(13)9-16)14-5-6-17(18)19-10-14/h3-7,10-11,16,20H,8-9H2,1-2H3. The van der Waals surface area contributed by atoms with Gasteiger partial charge in [0, 0.05) is 17.8 Å². The Labute approximate surface area is 142 Å². The number of nitrogens with zero attached hydrogens (tertiary/aromatic N) is 1. The second-order valence-electron chi connectivity index (χ2n) is 6.17. The number of sulfonamides is 1. The number of hydrogen-bond acceptors (Lipinski definition) is 3. The molecule has 0 bridgehead atoms. The van der Waals surface area contributed by atoms with E-state index in [4.69, 9.17) is 11.6 Å². The van der Waals surface area contributed by atoms with Crippen molar-refractivity contribution in [3.05, 3.63) is 52.8 Å². The first kappa shape index (κ1) is 16.4. The molecule has 0 fully saturated rings. The van der Waals surface area contributed by atoms with E-state index in [1.165, 1.54) is 11.1 Å². The fourth-order valence-corrected chi connectivity index (χ4v) is 3.81. The largest absolute Gasteiger partial charge is 0.244 e. The van der Waals surface area contributed by atoms with Crippen molar-refractivity contribution in [2.75, 3.05) is 0 Å². The summed E-state index contributed by atoms with van der Waals surface area (Å²) in [4.78, 5) is 4.11. The molecule has 0 saturated carbocycles. The van der Waals surface area contributed by atoms with E-state index in [2.05, 4.69) is 21.8 Å². The average Bonchev–Trinajstić information content (AvgIpc) is 2.88. The highest BCUT2D eigenvalue weighted by Crippen LogP contribution is 2.28.